The number of hydrogen-bond donors (Lipinski definition) is 1. The van der Waals surface area contributed by atoms with E-state index in [1.807, 2.05) is 0 Å². The van der Waals surface area contributed by atoms with Crippen LogP contribution in [0, 0.1) is 0 Å². The zero-order valence-corrected chi connectivity index (χ0v) is 19.8. The minimum Gasteiger partial charge on any atom is -0.484 e. The summed E-state index contributed by atoms with van der Waals surface area (Å²) in [5.41, 5.74) is 4.02. The predicted octanol–water partition coefficient (Wildman–Crippen LogP) is 3.21. The molecule has 0 radical (unpaired) electrons. The topological polar surface area (TPSA) is 48.1 Å². The van der Waals surface area contributed by atoms with Gasteiger partial charge in [-0.25, -0.2) is 0 Å². The van der Waals surface area contributed by atoms with Crippen molar-refractivity contribution in [2.24, 2.45) is 0 Å². The molecule has 7 heteroatoms. The monoisotopic (exact) mass is 456 g/mol. The smallest absolute Gasteiger partial charge is 0.258 e. The first-order valence-corrected chi connectivity index (χ1v) is 11.8. The molecule has 1 N–H and O–H groups in total. The van der Waals surface area contributed by atoms with Gasteiger partial charge in [0.15, 0.2) is 6.61 Å². The number of nitrogens with zero attached hydrogens (tertiary/aromatic N) is 3. The van der Waals surface area contributed by atoms with E-state index < -0.39 is 0 Å². The Bertz CT molecular complexity index is 913. The normalized spacial score (nSPS) is 18.2. The number of benzene rings is 2. The Morgan fingerprint density at radius 3 is 2.56 bits per heavy atom. The zero-order chi connectivity index (χ0) is 22.5. The number of rotatable bonds is 7. The minimum absolute atomic E-state index is 0.00786. The summed E-state index contributed by atoms with van der Waals surface area (Å²) in [4.78, 5) is 19.7. The number of carbonyl (C=O) groups is 1. The van der Waals surface area contributed by atoms with Crippen LogP contribution in [0.25, 0.3) is 0 Å². The lowest BCUT2D eigenvalue weighted by Crippen LogP contribution is -2.48. The lowest BCUT2D eigenvalue weighted by atomic mass is 9.95. The molecule has 2 aromatic rings. The second-order valence-electron chi connectivity index (χ2n) is 8.81. The Morgan fingerprint density at radius 2 is 1.81 bits per heavy atom. The van der Waals surface area contributed by atoms with Crippen molar-refractivity contribution in [3.8, 4) is 5.75 Å². The second kappa shape index (κ2) is 10.6. The Hall–Kier alpha value is -2.28. The standard InChI is InChI=1S/C25H33ClN4O2/c1-28-12-14-30(15-13-28)24(20-5-10-23-19(16-20)4-3-11-29(23)2)17-27-25(31)18-32-22-8-6-21(26)7-9-22/h5-10,16,24H,3-4,11-15,17-18H2,1-2H3,(H,27,31)/t24-/m0/s1. The van der Waals surface area contributed by atoms with Gasteiger partial charge in [-0.05, 0) is 61.3 Å². The van der Waals surface area contributed by atoms with E-state index in [-0.39, 0.29) is 18.6 Å². The van der Waals surface area contributed by atoms with Crippen LogP contribution in [0.3, 0.4) is 0 Å². The minimum atomic E-state index is -0.114. The first-order chi connectivity index (χ1) is 15.5. The first-order valence-electron chi connectivity index (χ1n) is 11.4. The highest BCUT2D eigenvalue weighted by Crippen LogP contribution is 2.31. The maximum absolute atomic E-state index is 12.5. The molecular weight excluding hydrogens is 424 g/mol. The number of nitrogens with one attached hydrogen (secondary N) is 1. The average Bonchev–Trinajstić information content (AvgIpc) is 2.80. The van der Waals surface area contributed by atoms with Gasteiger partial charge in [0.1, 0.15) is 5.75 Å². The number of carbonyl (C=O) groups excluding carboxylic acids is 1. The van der Waals surface area contributed by atoms with Gasteiger partial charge in [0.25, 0.3) is 5.91 Å². The van der Waals surface area contributed by atoms with Gasteiger partial charge in [0, 0.05) is 57.0 Å². The number of halogens is 1. The molecule has 6 nitrogen and oxygen atoms in total. The van der Waals surface area contributed by atoms with Gasteiger partial charge >= 0.3 is 0 Å². The van der Waals surface area contributed by atoms with E-state index in [2.05, 4.69) is 52.3 Å². The molecule has 0 aliphatic carbocycles. The molecule has 1 atom stereocenters. The molecule has 2 aliphatic rings. The lowest BCUT2D eigenvalue weighted by molar-refractivity contribution is -0.123. The summed E-state index contributed by atoms with van der Waals surface area (Å²) >= 11 is 5.91. The van der Waals surface area contributed by atoms with E-state index in [4.69, 9.17) is 16.3 Å². The highest BCUT2D eigenvalue weighted by molar-refractivity contribution is 6.30. The van der Waals surface area contributed by atoms with Gasteiger partial charge in [0.05, 0.1) is 6.04 Å². The van der Waals surface area contributed by atoms with Gasteiger partial charge in [-0.15, -0.1) is 0 Å². The third-order valence-corrected chi connectivity index (χ3v) is 6.75. The van der Waals surface area contributed by atoms with Crippen LogP contribution in [0.5, 0.6) is 5.75 Å². The van der Waals surface area contributed by atoms with E-state index in [1.165, 1.54) is 23.2 Å². The Morgan fingerprint density at radius 1 is 1.06 bits per heavy atom. The van der Waals surface area contributed by atoms with Crippen molar-refractivity contribution in [1.29, 1.82) is 0 Å². The highest BCUT2D eigenvalue weighted by atomic mass is 35.5. The number of fused-ring (bicyclic) bond motifs is 1. The third-order valence-electron chi connectivity index (χ3n) is 6.49. The van der Waals surface area contributed by atoms with Crippen molar-refractivity contribution in [2.75, 3.05) is 64.9 Å². The fourth-order valence-corrected chi connectivity index (χ4v) is 4.67. The Labute approximate surface area is 196 Å². The molecule has 0 saturated carbocycles. The van der Waals surface area contributed by atoms with Gasteiger partial charge in [-0.1, -0.05) is 23.7 Å². The molecule has 0 aromatic heterocycles. The van der Waals surface area contributed by atoms with Crippen LogP contribution >= 0.6 is 11.6 Å². The predicted molar refractivity (Wildman–Crippen MR) is 130 cm³/mol. The van der Waals surface area contributed by atoms with E-state index in [9.17, 15) is 4.79 Å². The van der Waals surface area contributed by atoms with Crippen molar-refractivity contribution >= 4 is 23.2 Å². The number of likely N-dealkylation sites (N-methyl/N-ethyl adjacent to an activating group) is 1. The quantitative estimate of drug-likeness (QED) is 0.693. The van der Waals surface area contributed by atoms with Crippen molar-refractivity contribution < 1.29 is 9.53 Å². The van der Waals surface area contributed by atoms with Crippen LogP contribution in [0.4, 0.5) is 5.69 Å². The summed E-state index contributed by atoms with van der Waals surface area (Å²) in [5, 5.41) is 3.75. The Balaban J connectivity index is 1.42. The summed E-state index contributed by atoms with van der Waals surface area (Å²) in [6.07, 6.45) is 2.30. The fourth-order valence-electron chi connectivity index (χ4n) is 4.55. The maximum Gasteiger partial charge on any atom is 0.258 e. The fraction of sp³-hybridized carbons (Fsp3) is 0.480. The van der Waals surface area contributed by atoms with Crippen LogP contribution in [0.1, 0.15) is 23.6 Å². The molecule has 0 unspecified atom stereocenters. The molecule has 4 rings (SSSR count). The van der Waals surface area contributed by atoms with Gasteiger partial charge < -0.3 is 19.9 Å². The number of aryl methyl sites for hydroxylation is 1. The number of piperazine rings is 1. The molecular formula is C25H33ClN4O2. The van der Waals surface area contributed by atoms with Crippen molar-refractivity contribution in [3.05, 3.63) is 58.6 Å². The molecule has 32 heavy (non-hydrogen) atoms. The molecule has 1 fully saturated rings. The van der Waals surface area contributed by atoms with Crippen molar-refractivity contribution in [1.82, 2.24) is 15.1 Å². The van der Waals surface area contributed by atoms with Crippen molar-refractivity contribution in [2.45, 2.75) is 18.9 Å². The van der Waals surface area contributed by atoms with E-state index in [1.54, 1.807) is 24.3 Å². The van der Waals surface area contributed by atoms with Crippen LogP contribution in [-0.2, 0) is 11.2 Å². The lowest BCUT2D eigenvalue weighted by Gasteiger charge is -2.39. The second-order valence-corrected chi connectivity index (χ2v) is 9.25. The van der Waals surface area contributed by atoms with Gasteiger partial charge in [-0.3, -0.25) is 9.69 Å². The summed E-state index contributed by atoms with van der Waals surface area (Å²) in [7, 11) is 4.33. The number of hydrogen-bond acceptors (Lipinski definition) is 5. The highest BCUT2D eigenvalue weighted by Gasteiger charge is 2.26. The molecule has 0 spiro atoms. The van der Waals surface area contributed by atoms with E-state index in [0.29, 0.717) is 17.3 Å². The molecule has 2 aliphatic heterocycles. The van der Waals surface area contributed by atoms with Crippen LogP contribution in [-0.4, -0.2) is 75.7 Å². The van der Waals surface area contributed by atoms with E-state index >= 15 is 0 Å². The Kier molecular flexibility index (Phi) is 7.55. The summed E-state index contributed by atoms with van der Waals surface area (Å²) in [6, 6.07) is 14.0. The molecule has 0 bridgehead atoms. The zero-order valence-electron chi connectivity index (χ0n) is 19.0. The first kappa shape index (κ1) is 22.9. The SMILES string of the molecule is CN1CCN([C@@H](CNC(=O)COc2ccc(Cl)cc2)c2ccc3c(c2)CCCN3C)CC1. The third kappa shape index (κ3) is 5.74. The summed E-state index contributed by atoms with van der Waals surface area (Å²) in [6.45, 7) is 5.74. The molecule has 1 amide bonds. The summed E-state index contributed by atoms with van der Waals surface area (Å²) in [5.74, 6) is 0.524. The average molecular weight is 457 g/mol. The van der Waals surface area contributed by atoms with Gasteiger partial charge in [-0.2, -0.15) is 0 Å². The molecule has 1 saturated heterocycles. The van der Waals surface area contributed by atoms with Crippen LogP contribution in [0.15, 0.2) is 42.5 Å². The van der Waals surface area contributed by atoms with E-state index in [0.717, 1.165) is 39.1 Å². The van der Waals surface area contributed by atoms with Crippen LogP contribution in [0.2, 0.25) is 5.02 Å². The number of amides is 1. The molecule has 172 valence electrons. The van der Waals surface area contributed by atoms with Crippen molar-refractivity contribution in [3.63, 3.8) is 0 Å². The van der Waals surface area contributed by atoms with Crippen LogP contribution < -0.4 is 15.0 Å². The molecule has 2 heterocycles. The maximum atomic E-state index is 12.5. The number of ether oxygens (including phenoxy) is 1. The largest absolute Gasteiger partial charge is 0.484 e. The number of anilines is 1. The summed E-state index contributed by atoms with van der Waals surface area (Å²) < 4.78 is 5.61. The van der Waals surface area contributed by atoms with Gasteiger partial charge in [0.2, 0.25) is 0 Å². The molecule has 2 aromatic carbocycles.